The van der Waals surface area contributed by atoms with Gasteiger partial charge in [0, 0.05) is 10.0 Å². The molecule has 1 aliphatic heterocycles. The number of nitrogens with one attached hydrogen (secondary N) is 1. The quantitative estimate of drug-likeness (QED) is 0.342. The Balaban J connectivity index is 1.83. The molecule has 0 radical (unpaired) electrons. The monoisotopic (exact) mass is 492 g/mol. The van der Waals surface area contributed by atoms with Crippen LogP contribution in [-0.2, 0) is 20.9 Å². The average Bonchev–Trinajstić information content (AvgIpc) is 3.30. The summed E-state index contributed by atoms with van der Waals surface area (Å²) in [4.78, 5) is 48.5. The van der Waals surface area contributed by atoms with Gasteiger partial charge in [-0.3, -0.25) is 9.69 Å². The van der Waals surface area contributed by atoms with Crippen molar-refractivity contribution in [3.63, 3.8) is 0 Å². The number of rotatable bonds is 7. The molecule has 2 N–H and O–H groups in total. The van der Waals surface area contributed by atoms with Crippen molar-refractivity contribution < 1.29 is 38.2 Å². The Kier molecular flexibility index (Phi) is 6.44. The van der Waals surface area contributed by atoms with E-state index in [0.29, 0.717) is 10.0 Å². The minimum Gasteiger partial charge on any atom is -0.479 e. The average molecular weight is 493 g/mol. The van der Waals surface area contributed by atoms with Crippen LogP contribution in [0, 0.1) is 0 Å². The minimum absolute atomic E-state index is 0.0318. The van der Waals surface area contributed by atoms with Crippen LogP contribution in [-0.4, -0.2) is 47.1 Å². The van der Waals surface area contributed by atoms with Crippen molar-refractivity contribution in [3.8, 4) is 5.75 Å². The predicted molar refractivity (Wildman–Crippen MR) is 109 cm³/mol. The SMILES string of the molecule is COC(=O)c1ccc(CN2C(=O)N/C(=C\c3cc(Br)ccc3O[C@@H](C)C(=O)O)C2=O)o1. The number of benzene rings is 1. The van der Waals surface area contributed by atoms with Crippen molar-refractivity contribution in [1.29, 1.82) is 0 Å². The summed E-state index contributed by atoms with van der Waals surface area (Å²) >= 11 is 3.31. The molecule has 1 aromatic heterocycles. The van der Waals surface area contributed by atoms with Crippen LogP contribution in [0.5, 0.6) is 5.75 Å². The van der Waals surface area contributed by atoms with Gasteiger partial charge in [-0.15, -0.1) is 0 Å². The van der Waals surface area contributed by atoms with Gasteiger partial charge in [0.15, 0.2) is 6.10 Å². The highest BCUT2D eigenvalue weighted by Crippen LogP contribution is 2.28. The molecule has 0 bridgehead atoms. The van der Waals surface area contributed by atoms with Gasteiger partial charge in [-0.05, 0) is 43.3 Å². The Labute approximate surface area is 184 Å². The maximum absolute atomic E-state index is 12.7. The van der Waals surface area contributed by atoms with Crippen LogP contribution in [0.3, 0.4) is 0 Å². The van der Waals surface area contributed by atoms with Crippen molar-refractivity contribution in [3.05, 3.63) is 57.6 Å². The van der Waals surface area contributed by atoms with Crippen molar-refractivity contribution in [2.24, 2.45) is 0 Å². The highest BCUT2D eigenvalue weighted by atomic mass is 79.9. The number of nitrogens with zero attached hydrogens (tertiary/aromatic N) is 1. The second-order valence-electron chi connectivity index (χ2n) is 6.42. The lowest BCUT2D eigenvalue weighted by Gasteiger charge is -2.13. The molecule has 0 aliphatic carbocycles. The third-order valence-electron chi connectivity index (χ3n) is 4.25. The number of carboxylic acid groups (broad SMARTS) is 1. The fourth-order valence-corrected chi connectivity index (χ4v) is 3.06. The Hall–Kier alpha value is -3.60. The van der Waals surface area contributed by atoms with Crippen LogP contribution in [0.1, 0.15) is 28.8 Å². The van der Waals surface area contributed by atoms with Crippen LogP contribution < -0.4 is 10.1 Å². The topological polar surface area (TPSA) is 135 Å². The van der Waals surface area contributed by atoms with E-state index in [1.165, 1.54) is 32.2 Å². The Morgan fingerprint density at radius 3 is 2.71 bits per heavy atom. The second kappa shape index (κ2) is 9.04. The number of urea groups is 1. The van der Waals surface area contributed by atoms with Crippen molar-refractivity contribution >= 4 is 45.9 Å². The molecule has 1 fully saturated rings. The summed E-state index contributed by atoms with van der Waals surface area (Å²) in [6, 6.07) is 6.99. The Morgan fingerprint density at radius 1 is 1.29 bits per heavy atom. The molecule has 1 atom stereocenters. The van der Waals surface area contributed by atoms with Gasteiger partial charge >= 0.3 is 18.0 Å². The lowest BCUT2D eigenvalue weighted by Crippen LogP contribution is -2.30. The number of aliphatic carboxylic acids is 1. The van der Waals surface area contributed by atoms with Crippen LogP contribution in [0.15, 0.2) is 44.9 Å². The minimum atomic E-state index is -1.15. The first kappa shape index (κ1) is 22.1. The standard InChI is InChI=1S/C20H17BrN2O8/c1-10(18(25)26)30-15-5-3-12(21)7-11(15)8-14-17(24)23(20(28)22-14)9-13-4-6-16(31-13)19(27)29-2/h3-8,10H,9H2,1-2H3,(H,22,28)(H,25,26)/b14-8-/t10-/m0/s1. The number of hydrogen-bond acceptors (Lipinski definition) is 7. The molecule has 0 saturated carbocycles. The van der Waals surface area contributed by atoms with E-state index in [2.05, 4.69) is 26.0 Å². The fraction of sp³-hybridized carbons (Fsp3) is 0.200. The largest absolute Gasteiger partial charge is 0.479 e. The van der Waals surface area contributed by atoms with Gasteiger partial charge in [0.05, 0.1) is 13.7 Å². The summed E-state index contributed by atoms with van der Waals surface area (Å²) in [5.41, 5.74) is 0.356. The molecule has 2 aromatic rings. The molecule has 11 heteroatoms. The molecule has 162 valence electrons. The molecule has 31 heavy (non-hydrogen) atoms. The zero-order valence-corrected chi connectivity index (χ0v) is 18.0. The molecule has 10 nitrogen and oxygen atoms in total. The third-order valence-corrected chi connectivity index (χ3v) is 4.74. The molecule has 1 aromatic carbocycles. The number of halogens is 1. The van der Waals surface area contributed by atoms with E-state index in [1.54, 1.807) is 18.2 Å². The maximum Gasteiger partial charge on any atom is 0.373 e. The van der Waals surface area contributed by atoms with E-state index in [0.717, 1.165) is 4.90 Å². The molecule has 3 rings (SSSR count). The fourth-order valence-electron chi connectivity index (χ4n) is 2.68. The number of furan rings is 1. The normalized spacial score (nSPS) is 15.7. The predicted octanol–water partition coefficient (Wildman–Crippen LogP) is 2.77. The van der Waals surface area contributed by atoms with E-state index in [9.17, 15) is 19.2 Å². The highest BCUT2D eigenvalue weighted by molar-refractivity contribution is 9.10. The third kappa shape index (κ3) is 4.94. The van der Waals surface area contributed by atoms with Crippen molar-refractivity contribution in [2.45, 2.75) is 19.6 Å². The van der Waals surface area contributed by atoms with E-state index in [-0.39, 0.29) is 29.5 Å². The molecule has 1 saturated heterocycles. The number of amides is 3. The lowest BCUT2D eigenvalue weighted by molar-refractivity contribution is -0.144. The summed E-state index contributed by atoms with van der Waals surface area (Å²) in [6.45, 7) is 1.17. The summed E-state index contributed by atoms with van der Waals surface area (Å²) in [7, 11) is 1.20. The van der Waals surface area contributed by atoms with Crippen LogP contribution in [0.25, 0.3) is 6.08 Å². The van der Waals surface area contributed by atoms with Gasteiger partial charge in [0.1, 0.15) is 17.2 Å². The van der Waals surface area contributed by atoms with Crippen molar-refractivity contribution in [2.75, 3.05) is 7.11 Å². The molecule has 0 spiro atoms. The first-order valence-electron chi connectivity index (χ1n) is 8.90. The number of methoxy groups -OCH3 is 1. The number of esters is 1. The molecule has 3 amide bonds. The van der Waals surface area contributed by atoms with Crippen LogP contribution in [0.2, 0.25) is 0 Å². The Bertz CT molecular complexity index is 1090. The molecule has 0 unspecified atom stereocenters. The molecule has 2 heterocycles. The Morgan fingerprint density at radius 2 is 2.03 bits per heavy atom. The molecule has 1 aliphatic rings. The maximum atomic E-state index is 12.7. The van der Waals surface area contributed by atoms with Gasteiger partial charge in [-0.1, -0.05) is 15.9 Å². The summed E-state index contributed by atoms with van der Waals surface area (Å²) in [5, 5.41) is 11.5. The first-order chi connectivity index (χ1) is 14.7. The number of imide groups is 1. The number of ether oxygens (including phenoxy) is 2. The summed E-state index contributed by atoms with van der Waals surface area (Å²) in [6.07, 6.45) is 0.267. The second-order valence-corrected chi connectivity index (χ2v) is 7.33. The zero-order valence-electron chi connectivity index (χ0n) is 16.4. The first-order valence-corrected chi connectivity index (χ1v) is 9.69. The number of carbonyl (C=O) groups is 4. The van der Waals surface area contributed by atoms with Crippen molar-refractivity contribution in [1.82, 2.24) is 10.2 Å². The van der Waals surface area contributed by atoms with Gasteiger partial charge < -0.3 is 24.3 Å². The van der Waals surface area contributed by atoms with E-state index in [1.807, 2.05) is 0 Å². The van der Waals surface area contributed by atoms with Gasteiger partial charge in [-0.25, -0.2) is 14.4 Å². The van der Waals surface area contributed by atoms with E-state index >= 15 is 0 Å². The summed E-state index contributed by atoms with van der Waals surface area (Å²) < 4.78 is 15.9. The van der Waals surface area contributed by atoms with Gasteiger partial charge in [0.2, 0.25) is 5.76 Å². The zero-order chi connectivity index (χ0) is 22.7. The van der Waals surface area contributed by atoms with Gasteiger partial charge in [-0.2, -0.15) is 0 Å². The highest BCUT2D eigenvalue weighted by Gasteiger charge is 2.34. The number of hydrogen-bond donors (Lipinski definition) is 2. The summed E-state index contributed by atoms with van der Waals surface area (Å²) in [5.74, 6) is -2.07. The van der Waals surface area contributed by atoms with Crippen LogP contribution in [0.4, 0.5) is 4.79 Å². The smallest absolute Gasteiger partial charge is 0.373 e. The van der Waals surface area contributed by atoms with E-state index in [4.69, 9.17) is 14.3 Å². The molecular weight excluding hydrogens is 476 g/mol. The number of carbonyl (C=O) groups excluding carboxylic acids is 3. The van der Waals surface area contributed by atoms with Crippen LogP contribution >= 0.6 is 15.9 Å². The van der Waals surface area contributed by atoms with E-state index < -0.39 is 30.0 Å². The number of carboxylic acids is 1. The van der Waals surface area contributed by atoms with Gasteiger partial charge in [0.25, 0.3) is 5.91 Å². The lowest BCUT2D eigenvalue weighted by atomic mass is 10.1. The molecular formula is C20H17BrN2O8.